The van der Waals surface area contributed by atoms with Gasteiger partial charge in [0.1, 0.15) is 0 Å². The van der Waals surface area contributed by atoms with E-state index in [-0.39, 0.29) is 0 Å². The van der Waals surface area contributed by atoms with Crippen molar-refractivity contribution >= 4 is 10.8 Å². The van der Waals surface area contributed by atoms with E-state index in [1.54, 1.807) is 0 Å². The number of rotatable bonds is 5. The van der Waals surface area contributed by atoms with E-state index < -0.39 is 6.10 Å². The second-order valence-corrected chi connectivity index (χ2v) is 5.93. The molecule has 0 aromatic heterocycles. The smallest absolute Gasteiger partial charge is 0.0914 e. The highest BCUT2D eigenvalue weighted by molar-refractivity contribution is 5.83. The summed E-state index contributed by atoms with van der Waals surface area (Å²) in [6.07, 6.45) is 7.72. The van der Waals surface area contributed by atoms with Crippen LogP contribution in [0.5, 0.6) is 0 Å². The van der Waals surface area contributed by atoms with Gasteiger partial charge < -0.3 is 10.4 Å². The van der Waals surface area contributed by atoms with Crippen LogP contribution in [0.1, 0.15) is 30.9 Å². The first-order valence-corrected chi connectivity index (χ1v) is 7.85. The lowest BCUT2D eigenvalue weighted by Crippen LogP contribution is -2.27. The number of nitrogens with one attached hydrogen (secondary N) is 1. The molecule has 0 heterocycles. The summed E-state index contributed by atoms with van der Waals surface area (Å²) < 4.78 is 0. The standard InChI is InChI=1S/C19H23NO/c21-19(14-20-13-15-6-2-1-3-7-15)18-11-10-16-8-4-5-9-17(16)12-18/h1-2,4-5,8-12,15,19-21H,3,6-7,13-14H2. The summed E-state index contributed by atoms with van der Waals surface area (Å²) in [5, 5.41) is 16.2. The maximum absolute atomic E-state index is 10.3. The van der Waals surface area contributed by atoms with Crippen LogP contribution in [0.3, 0.4) is 0 Å². The summed E-state index contributed by atoms with van der Waals surface area (Å²) in [6, 6.07) is 14.5. The number of hydrogen-bond donors (Lipinski definition) is 2. The zero-order valence-corrected chi connectivity index (χ0v) is 12.3. The normalized spacial score (nSPS) is 19.8. The van der Waals surface area contributed by atoms with E-state index in [4.69, 9.17) is 0 Å². The number of hydrogen-bond acceptors (Lipinski definition) is 2. The van der Waals surface area contributed by atoms with Crippen LogP contribution in [0.25, 0.3) is 10.8 Å². The predicted octanol–water partition coefficient (Wildman–Crippen LogP) is 3.82. The molecule has 2 N–H and O–H groups in total. The van der Waals surface area contributed by atoms with Crippen LogP contribution < -0.4 is 5.32 Å². The molecular weight excluding hydrogens is 258 g/mol. The van der Waals surface area contributed by atoms with Crippen molar-refractivity contribution in [1.82, 2.24) is 5.32 Å². The van der Waals surface area contributed by atoms with Crippen molar-refractivity contribution in [1.29, 1.82) is 0 Å². The van der Waals surface area contributed by atoms with Crippen LogP contribution >= 0.6 is 0 Å². The van der Waals surface area contributed by atoms with Gasteiger partial charge >= 0.3 is 0 Å². The van der Waals surface area contributed by atoms with Crippen molar-refractivity contribution in [3.63, 3.8) is 0 Å². The van der Waals surface area contributed by atoms with Crippen LogP contribution in [-0.2, 0) is 0 Å². The van der Waals surface area contributed by atoms with Gasteiger partial charge in [-0.15, -0.1) is 0 Å². The molecule has 21 heavy (non-hydrogen) atoms. The molecule has 0 amide bonds. The topological polar surface area (TPSA) is 32.3 Å². The Bertz CT molecular complexity index is 620. The average Bonchev–Trinajstić information content (AvgIpc) is 2.55. The van der Waals surface area contributed by atoms with Crippen LogP contribution in [0.4, 0.5) is 0 Å². The van der Waals surface area contributed by atoms with Crippen molar-refractivity contribution < 1.29 is 5.11 Å². The molecule has 0 saturated heterocycles. The lowest BCUT2D eigenvalue weighted by Gasteiger charge is -2.19. The zero-order chi connectivity index (χ0) is 14.5. The summed E-state index contributed by atoms with van der Waals surface area (Å²) in [5.74, 6) is 0.721. The van der Waals surface area contributed by atoms with E-state index in [0.29, 0.717) is 6.54 Å². The molecule has 0 fully saturated rings. The quantitative estimate of drug-likeness (QED) is 0.817. The van der Waals surface area contributed by atoms with Gasteiger partial charge in [-0.25, -0.2) is 0 Å². The van der Waals surface area contributed by atoms with Crippen molar-refractivity contribution in [2.24, 2.45) is 5.92 Å². The lowest BCUT2D eigenvalue weighted by molar-refractivity contribution is 0.172. The minimum Gasteiger partial charge on any atom is -0.387 e. The number of aliphatic hydroxyl groups excluding tert-OH is 1. The van der Waals surface area contributed by atoms with Gasteiger partial charge in [0.25, 0.3) is 0 Å². The third-order valence-corrected chi connectivity index (χ3v) is 4.31. The maximum atomic E-state index is 10.3. The van der Waals surface area contributed by atoms with Gasteiger partial charge in [-0.2, -0.15) is 0 Å². The van der Waals surface area contributed by atoms with Crippen LogP contribution in [0.2, 0.25) is 0 Å². The van der Waals surface area contributed by atoms with E-state index in [2.05, 4.69) is 41.7 Å². The molecule has 1 aliphatic carbocycles. The Labute approximate surface area is 126 Å². The number of benzene rings is 2. The second kappa shape index (κ2) is 6.88. The molecule has 0 bridgehead atoms. The summed E-state index contributed by atoms with van der Waals surface area (Å²) in [5.41, 5.74) is 0.990. The third kappa shape index (κ3) is 3.72. The van der Waals surface area contributed by atoms with E-state index in [9.17, 15) is 5.11 Å². The minimum atomic E-state index is -0.436. The molecule has 0 saturated carbocycles. The Morgan fingerprint density at radius 1 is 1.10 bits per heavy atom. The van der Waals surface area contributed by atoms with Gasteiger partial charge in [0.15, 0.2) is 0 Å². The number of aliphatic hydroxyl groups is 1. The highest BCUT2D eigenvalue weighted by Crippen LogP contribution is 2.21. The van der Waals surface area contributed by atoms with Gasteiger partial charge in [-0.3, -0.25) is 0 Å². The molecule has 2 heteroatoms. The highest BCUT2D eigenvalue weighted by atomic mass is 16.3. The Morgan fingerprint density at radius 3 is 2.76 bits per heavy atom. The SMILES string of the molecule is OC(CNCC1CC=CCC1)c1ccc2ccccc2c1. The van der Waals surface area contributed by atoms with Gasteiger partial charge in [-0.1, -0.05) is 48.6 Å². The summed E-state index contributed by atoms with van der Waals surface area (Å²) >= 11 is 0. The van der Waals surface area contributed by atoms with Crippen molar-refractivity contribution in [2.75, 3.05) is 13.1 Å². The maximum Gasteiger partial charge on any atom is 0.0914 e. The average molecular weight is 281 g/mol. The predicted molar refractivity (Wildman–Crippen MR) is 88.3 cm³/mol. The van der Waals surface area contributed by atoms with E-state index >= 15 is 0 Å². The van der Waals surface area contributed by atoms with Crippen LogP contribution in [-0.4, -0.2) is 18.2 Å². The van der Waals surface area contributed by atoms with Gasteiger partial charge in [0.05, 0.1) is 6.10 Å². The van der Waals surface area contributed by atoms with Gasteiger partial charge in [0, 0.05) is 6.54 Å². The second-order valence-electron chi connectivity index (χ2n) is 5.93. The zero-order valence-electron chi connectivity index (χ0n) is 12.3. The Balaban J connectivity index is 1.56. The third-order valence-electron chi connectivity index (χ3n) is 4.31. The highest BCUT2D eigenvalue weighted by Gasteiger charge is 2.12. The van der Waals surface area contributed by atoms with E-state index in [1.807, 2.05) is 18.2 Å². The molecule has 0 aliphatic heterocycles. The molecular formula is C19H23NO. The van der Waals surface area contributed by atoms with Crippen LogP contribution in [0, 0.1) is 5.92 Å². The number of fused-ring (bicyclic) bond motifs is 1. The van der Waals surface area contributed by atoms with Gasteiger partial charge in [-0.05, 0) is 54.1 Å². The number of allylic oxidation sites excluding steroid dienone is 2. The monoisotopic (exact) mass is 281 g/mol. The summed E-state index contributed by atoms with van der Waals surface area (Å²) in [4.78, 5) is 0. The Hall–Kier alpha value is -1.64. The Kier molecular flexibility index (Phi) is 4.69. The van der Waals surface area contributed by atoms with Crippen molar-refractivity contribution in [2.45, 2.75) is 25.4 Å². The van der Waals surface area contributed by atoms with Crippen molar-refractivity contribution in [3.8, 4) is 0 Å². The van der Waals surface area contributed by atoms with Crippen molar-refractivity contribution in [3.05, 3.63) is 60.2 Å². The molecule has 2 unspecified atom stereocenters. The fourth-order valence-electron chi connectivity index (χ4n) is 3.00. The van der Waals surface area contributed by atoms with E-state index in [1.165, 1.54) is 30.0 Å². The molecule has 110 valence electrons. The van der Waals surface area contributed by atoms with Crippen LogP contribution in [0.15, 0.2) is 54.6 Å². The summed E-state index contributed by atoms with van der Waals surface area (Å²) in [7, 11) is 0. The molecule has 2 nitrogen and oxygen atoms in total. The Morgan fingerprint density at radius 2 is 1.95 bits per heavy atom. The van der Waals surface area contributed by atoms with Gasteiger partial charge in [0.2, 0.25) is 0 Å². The fourth-order valence-corrected chi connectivity index (χ4v) is 3.00. The molecule has 2 atom stereocenters. The minimum absolute atomic E-state index is 0.436. The fraction of sp³-hybridized carbons (Fsp3) is 0.368. The van der Waals surface area contributed by atoms with E-state index in [0.717, 1.165) is 18.0 Å². The molecule has 1 aliphatic rings. The molecule has 0 radical (unpaired) electrons. The largest absolute Gasteiger partial charge is 0.387 e. The first-order valence-electron chi connectivity index (χ1n) is 7.85. The summed E-state index contributed by atoms with van der Waals surface area (Å²) in [6.45, 7) is 1.62. The lowest BCUT2D eigenvalue weighted by atomic mass is 9.94. The molecule has 3 rings (SSSR count). The first kappa shape index (κ1) is 14.3. The first-order chi connectivity index (χ1) is 10.3. The molecule has 2 aromatic rings. The molecule has 2 aromatic carbocycles. The molecule has 0 spiro atoms.